The van der Waals surface area contributed by atoms with E-state index in [2.05, 4.69) is 26.0 Å². The number of carbonyl (C=O) groups excluding carboxylic acids is 1. The largest absolute Gasteiger partial charge is 0.466 e. The summed E-state index contributed by atoms with van der Waals surface area (Å²) in [5.74, 6) is 0.320. The first-order chi connectivity index (χ1) is 7.16. The molecule has 0 amide bonds. The molecule has 88 valence electrons. The molecular formula is C13H24O2. The van der Waals surface area contributed by atoms with Crippen LogP contribution in [0.5, 0.6) is 0 Å². The van der Waals surface area contributed by atoms with E-state index in [0.29, 0.717) is 12.5 Å². The minimum absolute atomic E-state index is 0.186. The van der Waals surface area contributed by atoms with Gasteiger partial charge in [0.1, 0.15) is 0 Å². The van der Waals surface area contributed by atoms with Crippen LogP contribution < -0.4 is 0 Å². The van der Waals surface area contributed by atoms with Gasteiger partial charge in [0.15, 0.2) is 0 Å². The second kappa shape index (κ2) is 9.75. The molecule has 0 N–H and O–H groups in total. The van der Waals surface area contributed by atoms with E-state index in [4.69, 9.17) is 4.74 Å². The Kier molecular flexibility index (Phi) is 9.24. The van der Waals surface area contributed by atoms with Gasteiger partial charge >= 0.3 is 5.97 Å². The molecular weight excluding hydrogens is 188 g/mol. The van der Waals surface area contributed by atoms with Crippen molar-refractivity contribution in [3.05, 3.63) is 12.2 Å². The Labute approximate surface area is 93.7 Å². The van der Waals surface area contributed by atoms with Gasteiger partial charge in [0.2, 0.25) is 0 Å². The molecule has 0 rings (SSSR count). The lowest BCUT2D eigenvalue weighted by molar-refractivity contribution is -0.141. The third kappa shape index (κ3) is 11.1. The molecule has 1 atom stereocenters. The molecule has 1 unspecified atom stereocenters. The van der Waals surface area contributed by atoms with Gasteiger partial charge in [-0.15, -0.1) is 0 Å². The van der Waals surface area contributed by atoms with Crippen molar-refractivity contribution in [2.75, 3.05) is 6.61 Å². The van der Waals surface area contributed by atoms with Crippen molar-refractivity contribution in [3.8, 4) is 0 Å². The van der Waals surface area contributed by atoms with E-state index < -0.39 is 0 Å². The Hall–Kier alpha value is -0.790. The van der Waals surface area contributed by atoms with Gasteiger partial charge in [-0.05, 0) is 25.2 Å². The maximum atomic E-state index is 10.5. The highest BCUT2D eigenvalue weighted by Crippen LogP contribution is 2.06. The van der Waals surface area contributed by atoms with Crippen molar-refractivity contribution in [3.63, 3.8) is 0 Å². The van der Waals surface area contributed by atoms with Crippen LogP contribution >= 0.6 is 0 Å². The summed E-state index contributed by atoms with van der Waals surface area (Å²) in [5, 5.41) is 0. The zero-order chi connectivity index (χ0) is 11.5. The normalized spacial score (nSPS) is 13.0. The molecule has 2 heteroatoms. The molecule has 2 nitrogen and oxygen atoms in total. The predicted octanol–water partition coefficient (Wildman–Crippen LogP) is 3.71. The number of allylic oxidation sites excluding steroid dienone is 2. The third-order valence-corrected chi connectivity index (χ3v) is 2.32. The molecule has 15 heavy (non-hydrogen) atoms. The Morgan fingerprint density at radius 3 is 2.73 bits per heavy atom. The summed E-state index contributed by atoms with van der Waals surface area (Å²) in [7, 11) is 0. The lowest BCUT2D eigenvalue weighted by Crippen LogP contribution is -2.03. The molecule has 0 aromatic rings. The maximum absolute atomic E-state index is 10.5. The van der Waals surface area contributed by atoms with Crippen LogP contribution in [-0.4, -0.2) is 12.6 Å². The molecule has 0 saturated heterocycles. The fraction of sp³-hybridized carbons (Fsp3) is 0.769. The molecule has 0 aliphatic heterocycles. The molecule has 0 heterocycles. The third-order valence-electron chi connectivity index (χ3n) is 2.32. The average Bonchev–Trinajstić information content (AvgIpc) is 2.17. The lowest BCUT2D eigenvalue weighted by Gasteiger charge is -2.05. The topological polar surface area (TPSA) is 26.3 Å². The molecule has 0 radical (unpaired) electrons. The van der Waals surface area contributed by atoms with Gasteiger partial charge in [0.25, 0.3) is 0 Å². The summed E-state index contributed by atoms with van der Waals surface area (Å²) in [6.45, 7) is 6.35. The quantitative estimate of drug-likeness (QED) is 0.348. The number of unbranched alkanes of at least 4 members (excludes halogenated alkanes) is 3. The van der Waals surface area contributed by atoms with Crippen molar-refractivity contribution < 1.29 is 9.53 Å². The standard InChI is InChI=1S/C13H24O2/c1-4-5-6-7-8-9-12(2)10-11-15-13(3)14/h8-9,12H,4-7,10-11H2,1-3H3/b9-8+. The SMILES string of the molecule is CCCCC/C=C/C(C)CCOC(C)=O. The highest BCUT2D eigenvalue weighted by Gasteiger charge is 1.98. The molecule has 0 spiro atoms. The minimum Gasteiger partial charge on any atom is -0.466 e. The average molecular weight is 212 g/mol. The summed E-state index contributed by atoms with van der Waals surface area (Å²) in [4.78, 5) is 10.5. The summed E-state index contributed by atoms with van der Waals surface area (Å²) >= 11 is 0. The van der Waals surface area contributed by atoms with Gasteiger partial charge in [-0.25, -0.2) is 0 Å². The Bertz CT molecular complexity index is 185. The lowest BCUT2D eigenvalue weighted by atomic mass is 10.1. The molecule has 0 aliphatic carbocycles. The van der Waals surface area contributed by atoms with Crippen LogP contribution in [0.25, 0.3) is 0 Å². The predicted molar refractivity (Wildman–Crippen MR) is 63.7 cm³/mol. The van der Waals surface area contributed by atoms with E-state index in [0.717, 1.165) is 6.42 Å². The van der Waals surface area contributed by atoms with Crippen molar-refractivity contribution >= 4 is 5.97 Å². The van der Waals surface area contributed by atoms with Gasteiger partial charge in [-0.1, -0.05) is 38.8 Å². The van der Waals surface area contributed by atoms with Gasteiger partial charge < -0.3 is 4.74 Å². The van der Waals surface area contributed by atoms with Crippen LogP contribution in [-0.2, 0) is 9.53 Å². The smallest absolute Gasteiger partial charge is 0.302 e. The number of ether oxygens (including phenoxy) is 1. The van der Waals surface area contributed by atoms with E-state index in [1.807, 2.05) is 0 Å². The molecule has 0 fully saturated rings. The second-order valence-electron chi connectivity index (χ2n) is 4.03. The zero-order valence-electron chi connectivity index (χ0n) is 10.3. The highest BCUT2D eigenvalue weighted by molar-refractivity contribution is 5.65. The number of esters is 1. The first kappa shape index (κ1) is 14.2. The fourth-order valence-electron chi connectivity index (χ4n) is 1.33. The molecule has 0 bridgehead atoms. The summed E-state index contributed by atoms with van der Waals surface area (Å²) < 4.78 is 4.88. The Morgan fingerprint density at radius 1 is 1.40 bits per heavy atom. The first-order valence-electron chi connectivity index (χ1n) is 5.96. The summed E-state index contributed by atoms with van der Waals surface area (Å²) in [6.07, 6.45) is 10.4. The van der Waals surface area contributed by atoms with Gasteiger partial charge in [0.05, 0.1) is 6.61 Å². The summed E-state index contributed by atoms with van der Waals surface area (Å²) in [5.41, 5.74) is 0. The van der Waals surface area contributed by atoms with Crippen LogP contribution in [0.1, 0.15) is 52.9 Å². The molecule has 0 aromatic carbocycles. The monoisotopic (exact) mass is 212 g/mol. The van der Waals surface area contributed by atoms with E-state index in [9.17, 15) is 4.79 Å². The first-order valence-corrected chi connectivity index (χ1v) is 5.96. The van der Waals surface area contributed by atoms with E-state index >= 15 is 0 Å². The van der Waals surface area contributed by atoms with Crippen molar-refractivity contribution in [1.29, 1.82) is 0 Å². The van der Waals surface area contributed by atoms with Gasteiger partial charge in [-0.2, -0.15) is 0 Å². The summed E-state index contributed by atoms with van der Waals surface area (Å²) in [6, 6.07) is 0. The van der Waals surface area contributed by atoms with E-state index in [1.54, 1.807) is 0 Å². The number of carbonyl (C=O) groups is 1. The maximum Gasteiger partial charge on any atom is 0.302 e. The van der Waals surface area contributed by atoms with E-state index in [-0.39, 0.29) is 5.97 Å². The van der Waals surface area contributed by atoms with Crippen molar-refractivity contribution in [1.82, 2.24) is 0 Å². The van der Waals surface area contributed by atoms with Gasteiger partial charge in [-0.3, -0.25) is 4.79 Å². The number of hydrogen-bond acceptors (Lipinski definition) is 2. The van der Waals surface area contributed by atoms with Crippen LogP contribution in [0.4, 0.5) is 0 Å². The van der Waals surface area contributed by atoms with Crippen LogP contribution in [0.3, 0.4) is 0 Å². The Morgan fingerprint density at radius 2 is 2.13 bits per heavy atom. The van der Waals surface area contributed by atoms with Crippen LogP contribution in [0.15, 0.2) is 12.2 Å². The van der Waals surface area contributed by atoms with E-state index in [1.165, 1.54) is 32.6 Å². The fourth-order valence-corrected chi connectivity index (χ4v) is 1.33. The zero-order valence-corrected chi connectivity index (χ0v) is 10.3. The minimum atomic E-state index is -0.186. The second-order valence-corrected chi connectivity index (χ2v) is 4.03. The van der Waals surface area contributed by atoms with Crippen LogP contribution in [0.2, 0.25) is 0 Å². The van der Waals surface area contributed by atoms with Crippen LogP contribution in [0, 0.1) is 5.92 Å². The number of hydrogen-bond donors (Lipinski definition) is 0. The highest BCUT2D eigenvalue weighted by atomic mass is 16.5. The molecule has 0 aliphatic rings. The molecule has 0 aromatic heterocycles. The molecule has 0 saturated carbocycles. The van der Waals surface area contributed by atoms with Gasteiger partial charge in [0, 0.05) is 6.92 Å². The van der Waals surface area contributed by atoms with Crippen molar-refractivity contribution in [2.24, 2.45) is 5.92 Å². The number of rotatable bonds is 8. The Balaban J connectivity index is 3.38. The van der Waals surface area contributed by atoms with Crippen molar-refractivity contribution in [2.45, 2.75) is 52.9 Å².